The van der Waals surface area contributed by atoms with Crippen LogP contribution in [-0.2, 0) is 9.59 Å². The Morgan fingerprint density at radius 2 is 2.05 bits per heavy atom. The smallest absolute Gasteiger partial charge is 0.238 e. The van der Waals surface area contributed by atoms with E-state index in [1.54, 1.807) is 6.92 Å². The minimum absolute atomic E-state index is 0.103. The number of hydrogen-bond acceptors (Lipinski definition) is 3. The number of benzene rings is 1. The Morgan fingerprint density at radius 3 is 2.68 bits per heavy atom. The molecule has 0 fully saturated rings. The minimum atomic E-state index is -0.386. The molecular weight excluding hydrogens is 242 g/mol. The second kappa shape index (κ2) is 7.53. The van der Waals surface area contributed by atoms with Crippen LogP contribution >= 0.6 is 0 Å². The van der Waals surface area contributed by atoms with Crippen LogP contribution in [0, 0.1) is 6.92 Å². The van der Waals surface area contributed by atoms with E-state index in [4.69, 9.17) is 0 Å². The molecule has 0 saturated carbocycles. The van der Waals surface area contributed by atoms with Crippen molar-refractivity contribution >= 4 is 17.5 Å². The molecule has 0 heterocycles. The van der Waals surface area contributed by atoms with E-state index >= 15 is 0 Å². The van der Waals surface area contributed by atoms with Crippen LogP contribution in [0.1, 0.15) is 19.4 Å². The SMILES string of the molecule is CCNC(=O)C(C)NCC(=O)Nc1cccc(C)c1. The number of hydrogen-bond donors (Lipinski definition) is 3. The largest absolute Gasteiger partial charge is 0.355 e. The van der Waals surface area contributed by atoms with Crippen LogP contribution in [0.4, 0.5) is 5.69 Å². The molecule has 5 nitrogen and oxygen atoms in total. The summed E-state index contributed by atoms with van der Waals surface area (Å²) in [5.74, 6) is -0.271. The van der Waals surface area contributed by atoms with Gasteiger partial charge in [0.25, 0.3) is 0 Å². The van der Waals surface area contributed by atoms with Gasteiger partial charge < -0.3 is 10.6 Å². The van der Waals surface area contributed by atoms with Crippen molar-refractivity contribution in [2.24, 2.45) is 0 Å². The van der Waals surface area contributed by atoms with Crippen LogP contribution in [0.15, 0.2) is 24.3 Å². The zero-order chi connectivity index (χ0) is 14.3. The highest BCUT2D eigenvalue weighted by Crippen LogP contribution is 2.08. The number of rotatable bonds is 6. The highest BCUT2D eigenvalue weighted by Gasteiger charge is 2.12. The third-order valence-corrected chi connectivity index (χ3v) is 2.61. The highest BCUT2D eigenvalue weighted by molar-refractivity contribution is 5.92. The molecule has 0 bridgehead atoms. The lowest BCUT2D eigenvalue weighted by Crippen LogP contribution is -2.44. The summed E-state index contributed by atoms with van der Waals surface area (Å²) in [7, 11) is 0. The van der Waals surface area contributed by atoms with Gasteiger partial charge in [0.2, 0.25) is 11.8 Å². The third kappa shape index (κ3) is 5.52. The van der Waals surface area contributed by atoms with E-state index in [1.165, 1.54) is 0 Å². The fourth-order valence-corrected chi connectivity index (χ4v) is 1.59. The Bertz CT molecular complexity index is 446. The Hall–Kier alpha value is -1.88. The first-order valence-corrected chi connectivity index (χ1v) is 6.40. The Morgan fingerprint density at radius 1 is 1.32 bits per heavy atom. The summed E-state index contributed by atoms with van der Waals surface area (Å²) in [6, 6.07) is 7.19. The topological polar surface area (TPSA) is 70.2 Å². The average Bonchev–Trinajstić information content (AvgIpc) is 2.36. The van der Waals surface area contributed by atoms with Gasteiger partial charge in [0, 0.05) is 12.2 Å². The van der Waals surface area contributed by atoms with Gasteiger partial charge >= 0.3 is 0 Å². The molecule has 0 saturated heterocycles. The van der Waals surface area contributed by atoms with Crippen LogP contribution in [-0.4, -0.2) is 30.9 Å². The maximum absolute atomic E-state index is 11.7. The number of carbonyl (C=O) groups excluding carboxylic acids is 2. The average molecular weight is 263 g/mol. The molecule has 0 spiro atoms. The van der Waals surface area contributed by atoms with E-state index in [2.05, 4.69) is 16.0 Å². The van der Waals surface area contributed by atoms with Gasteiger partial charge in [0.15, 0.2) is 0 Å². The van der Waals surface area contributed by atoms with E-state index < -0.39 is 0 Å². The first-order valence-electron chi connectivity index (χ1n) is 6.40. The predicted octanol–water partition coefficient (Wildman–Crippen LogP) is 1.05. The molecule has 2 amide bonds. The lowest BCUT2D eigenvalue weighted by molar-refractivity contribution is -0.122. The predicted molar refractivity (Wildman–Crippen MR) is 76.0 cm³/mol. The van der Waals surface area contributed by atoms with Crippen LogP contribution < -0.4 is 16.0 Å². The van der Waals surface area contributed by atoms with Crippen molar-refractivity contribution in [1.29, 1.82) is 0 Å². The van der Waals surface area contributed by atoms with Gasteiger partial charge in [-0.2, -0.15) is 0 Å². The lowest BCUT2D eigenvalue weighted by atomic mass is 10.2. The Labute approximate surface area is 113 Å². The van der Waals surface area contributed by atoms with Crippen molar-refractivity contribution in [3.63, 3.8) is 0 Å². The molecular formula is C14H21N3O2. The number of nitrogens with one attached hydrogen (secondary N) is 3. The molecule has 0 aliphatic carbocycles. The first-order chi connectivity index (χ1) is 9.02. The summed E-state index contributed by atoms with van der Waals surface area (Å²) in [4.78, 5) is 23.2. The van der Waals surface area contributed by atoms with Crippen molar-refractivity contribution in [1.82, 2.24) is 10.6 Å². The fraction of sp³-hybridized carbons (Fsp3) is 0.429. The molecule has 3 N–H and O–H groups in total. The molecule has 19 heavy (non-hydrogen) atoms. The second-order valence-electron chi connectivity index (χ2n) is 4.41. The van der Waals surface area contributed by atoms with Crippen molar-refractivity contribution in [3.8, 4) is 0 Å². The fourth-order valence-electron chi connectivity index (χ4n) is 1.59. The maximum atomic E-state index is 11.7. The summed E-state index contributed by atoms with van der Waals surface area (Å²) >= 11 is 0. The molecule has 0 aliphatic heterocycles. The van der Waals surface area contributed by atoms with Gasteiger partial charge in [-0.1, -0.05) is 12.1 Å². The molecule has 1 atom stereocenters. The van der Waals surface area contributed by atoms with Crippen molar-refractivity contribution < 1.29 is 9.59 Å². The zero-order valence-corrected chi connectivity index (χ0v) is 11.6. The van der Waals surface area contributed by atoms with Crippen molar-refractivity contribution in [2.45, 2.75) is 26.8 Å². The van der Waals surface area contributed by atoms with Gasteiger partial charge in [-0.05, 0) is 38.5 Å². The van der Waals surface area contributed by atoms with E-state index in [-0.39, 0.29) is 24.4 Å². The van der Waals surface area contributed by atoms with Gasteiger partial charge in [0.1, 0.15) is 0 Å². The van der Waals surface area contributed by atoms with Crippen LogP contribution in [0.5, 0.6) is 0 Å². The number of carbonyl (C=O) groups is 2. The third-order valence-electron chi connectivity index (χ3n) is 2.61. The summed E-state index contributed by atoms with van der Waals surface area (Å²) in [6.45, 7) is 6.23. The van der Waals surface area contributed by atoms with Crippen LogP contribution in [0.25, 0.3) is 0 Å². The monoisotopic (exact) mass is 263 g/mol. The summed E-state index contributed by atoms with van der Waals surface area (Å²) in [6.07, 6.45) is 0. The van der Waals surface area contributed by atoms with Crippen molar-refractivity contribution in [2.75, 3.05) is 18.4 Å². The standard InChI is InChI=1S/C14H21N3O2/c1-4-15-14(19)11(3)16-9-13(18)17-12-7-5-6-10(2)8-12/h5-8,11,16H,4,9H2,1-3H3,(H,15,19)(H,17,18). The Kier molecular flexibility index (Phi) is 6.02. The zero-order valence-electron chi connectivity index (χ0n) is 11.6. The molecule has 104 valence electrons. The van der Waals surface area contributed by atoms with Crippen LogP contribution in [0.3, 0.4) is 0 Å². The number of likely N-dealkylation sites (N-methyl/N-ethyl adjacent to an activating group) is 1. The maximum Gasteiger partial charge on any atom is 0.238 e. The van der Waals surface area contributed by atoms with E-state index in [0.717, 1.165) is 11.3 Å². The summed E-state index contributed by atoms with van der Waals surface area (Å²) in [5, 5.41) is 8.35. The number of aryl methyl sites for hydroxylation is 1. The summed E-state index contributed by atoms with van der Waals surface area (Å²) < 4.78 is 0. The molecule has 0 aromatic heterocycles. The van der Waals surface area contributed by atoms with Gasteiger partial charge in [-0.15, -0.1) is 0 Å². The van der Waals surface area contributed by atoms with E-state index in [0.29, 0.717) is 6.54 Å². The molecule has 0 radical (unpaired) electrons. The van der Waals surface area contributed by atoms with Gasteiger partial charge in [0.05, 0.1) is 12.6 Å². The van der Waals surface area contributed by atoms with Crippen molar-refractivity contribution in [3.05, 3.63) is 29.8 Å². The molecule has 1 unspecified atom stereocenters. The number of amides is 2. The van der Waals surface area contributed by atoms with Gasteiger partial charge in [-0.25, -0.2) is 0 Å². The van der Waals surface area contributed by atoms with Crippen LogP contribution in [0.2, 0.25) is 0 Å². The highest BCUT2D eigenvalue weighted by atomic mass is 16.2. The molecule has 1 rings (SSSR count). The molecule has 1 aromatic rings. The van der Waals surface area contributed by atoms with Gasteiger partial charge in [-0.3, -0.25) is 14.9 Å². The first kappa shape index (κ1) is 15.2. The normalized spacial score (nSPS) is 11.7. The minimum Gasteiger partial charge on any atom is -0.355 e. The van der Waals surface area contributed by atoms with E-state index in [9.17, 15) is 9.59 Å². The second-order valence-corrected chi connectivity index (χ2v) is 4.41. The lowest BCUT2D eigenvalue weighted by Gasteiger charge is -2.13. The number of anilines is 1. The quantitative estimate of drug-likeness (QED) is 0.718. The summed E-state index contributed by atoms with van der Waals surface area (Å²) in [5.41, 5.74) is 1.85. The molecule has 0 aliphatic rings. The molecule has 1 aromatic carbocycles. The van der Waals surface area contributed by atoms with E-state index in [1.807, 2.05) is 38.1 Å². The molecule has 5 heteroatoms. The Balaban J connectivity index is 2.38.